The first kappa shape index (κ1) is 28.1. The second-order valence-electron chi connectivity index (χ2n) is 12.7. The zero-order valence-corrected chi connectivity index (χ0v) is 23.4. The van der Waals surface area contributed by atoms with Crippen molar-refractivity contribution in [2.75, 3.05) is 13.1 Å². The van der Waals surface area contributed by atoms with Crippen molar-refractivity contribution >= 4 is 11.9 Å². The number of hydrogen-bond acceptors (Lipinski definition) is 5. The number of likely N-dealkylation sites (tertiary alicyclic amines) is 1. The molecule has 6 heteroatoms. The van der Waals surface area contributed by atoms with Gasteiger partial charge < -0.3 is 19.8 Å². The number of aliphatic hydroxyl groups excluding tert-OH is 2. The van der Waals surface area contributed by atoms with Crippen molar-refractivity contribution in [3.05, 3.63) is 35.5 Å². The first-order valence-electron chi connectivity index (χ1n) is 14.4. The summed E-state index contributed by atoms with van der Waals surface area (Å²) < 4.78 is 6.19. The number of hydrogen-bond donors (Lipinski definition) is 2. The highest BCUT2D eigenvalue weighted by Crippen LogP contribution is 2.45. The summed E-state index contributed by atoms with van der Waals surface area (Å²) in [6.45, 7) is 11.7. The normalized spacial score (nSPS) is 32.5. The van der Waals surface area contributed by atoms with Crippen molar-refractivity contribution in [2.45, 2.75) is 97.9 Å². The molecule has 6 nitrogen and oxygen atoms in total. The van der Waals surface area contributed by atoms with Gasteiger partial charge in [-0.2, -0.15) is 0 Å². The predicted molar refractivity (Wildman–Crippen MR) is 144 cm³/mol. The Morgan fingerprint density at radius 2 is 1.95 bits per heavy atom. The maximum Gasteiger partial charge on any atom is 0.311 e. The lowest BCUT2D eigenvalue weighted by Gasteiger charge is -2.44. The Hall–Kier alpha value is -1.92. The van der Waals surface area contributed by atoms with Crippen molar-refractivity contribution in [1.29, 1.82) is 0 Å². The van der Waals surface area contributed by atoms with Crippen LogP contribution in [0.4, 0.5) is 0 Å². The minimum absolute atomic E-state index is 0.0252. The number of rotatable bonds is 10. The molecular weight excluding hydrogens is 466 g/mol. The molecule has 4 aliphatic rings. The zero-order valence-electron chi connectivity index (χ0n) is 23.4. The molecule has 1 aliphatic heterocycles. The summed E-state index contributed by atoms with van der Waals surface area (Å²) in [5.74, 6) is 1.45. The Morgan fingerprint density at radius 1 is 1.19 bits per heavy atom. The van der Waals surface area contributed by atoms with Gasteiger partial charge in [0.25, 0.3) is 0 Å². The third-order valence-electron chi connectivity index (χ3n) is 9.30. The highest BCUT2D eigenvalue weighted by atomic mass is 16.5. The van der Waals surface area contributed by atoms with Crippen LogP contribution in [0.25, 0.3) is 0 Å². The number of carbonyl (C=O) groups is 2. The quantitative estimate of drug-likeness (QED) is 0.323. The summed E-state index contributed by atoms with van der Waals surface area (Å²) >= 11 is 0. The van der Waals surface area contributed by atoms with Gasteiger partial charge >= 0.3 is 5.97 Å². The van der Waals surface area contributed by atoms with E-state index in [2.05, 4.69) is 38.2 Å². The smallest absolute Gasteiger partial charge is 0.311 e. The van der Waals surface area contributed by atoms with Crippen LogP contribution < -0.4 is 0 Å². The molecule has 1 fully saturated rings. The van der Waals surface area contributed by atoms with E-state index in [1.807, 2.05) is 25.7 Å². The van der Waals surface area contributed by atoms with Crippen LogP contribution in [0.2, 0.25) is 0 Å². The van der Waals surface area contributed by atoms with Crippen LogP contribution in [-0.2, 0) is 14.3 Å². The van der Waals surface area contributed by atoms with Crippen LogP contribution in [0, 0.1) is 35.0 Å². The molecule has 37 heavy (non-hydrogen) atoms. The summed E-state index contributed by atoms with van der Waals surface area (Å²) in [5, 5.41) is 21.3. The molecule has 1 amide bonds. The average molecular weight is 514 g/mol. The maximum atomic E-state index is 13.0. The molecular formula is C31H47NO5. The number of esters is 1. The highest BCUT2D eigenvalue weighted by Gasteiger charge is 2.43. The van der Waals surface area contributed by atoms with Gasteiger partial charge in [-0.1, -0.05) is 45.1 Å². The monoisotopic (exact) mass is 513 g/mol. The molecule has 1 saturated heterocycles. The van der Waals surface area contributed by atoms with Crippen molar-refractivity contribution in [2.24, 2.45) is 35.0 Å². The van der Waals surface area contributed by atoms with E-state index in [1.165, 1.54) is 11.1 Å². The van der Waals surface area contributed by atoms with Crippen molar-refractivity contribution in [1.82, 2.24) is 4.90 Å². The minimum Gasteiger partial charge on any atom is -0.461 e. The van der Waals surface area contributed by atoms with Gasteiger partial charge in [-0.25, -0.2) is 0 Å². The van der Waals surface area contributed by atoms with Crippen molar-refractivity contribution in [3.63, 3.8) is 0 Å². The van der Waals surface area contributed by atoms with E-state index in [9.17, 15) is 19.8 Å². The van der Waals surface area contributed by atoms with Crippen LogP contribution in [-0.4, -0.2) is 58.4 Å². The summed E-state index contributed by atoms with van der Waals surface area (Å²) in [6.07, 6.45) is 11.4. The van der Waals surface area contributed by atoms with Gasteiger partial charge in [0, 0.05) is 24.9 Å². The number of piperidine rings is 1. The van der Waals surface area contributed by atoms with E-state index >= 15 is 0 Å². The van der Waals surface area contributed by atoms with E-state index in [1.54, 1.807) is 0 Å². The van der Waals surface area contributed by atoms with Gasteiger partial charge in [-0.3, -0.25) is 9.59 Å². The number of ether oxygens (including phenoxy) is 1. The molecule has 0 bridgehead atoms. The first-order valence-corrected chi connectivity index (χ1v) is 14.4. The molecule has 206 valence electrons. The molecule has 8 atom stereocenters. The molecule has 4 rings (SSSR count). The number of nitrogens with zero attached hydrogens (tertiary/aromatic N) is 1. The van der Waals surface area contributed by atoms with E-state index in [-0.39, 0.29) is 42.7 Å². The third kappa shape index (κ3) is 6.75. The second kappa shape index (κ2) is 11.4. The lowest BCUT2D eigenvalue weighted by molar-refractivity contribution is -0.164. The van der Waals surface area contributed by atoms with Gasteiger partial charge in [0.15, 0.2) is 0 Å². The minimum atomic E-state index is -0.840. The second-order valence-corrected chi connectivity index (χ2v) is 12.7. The summed E-state index contributed by atoms with van der Waals surface area (Å²) in [5.41, 5.74) is 2.08. The van der Waals surface area contributed by atoms with E-state index in [0.29, 0.717) is 30.7 Å². The molecule has 0 radical (unpaired) electrons. The number of aliphatic hydroxyl groups is 2. The van der Waals surface area contributed by atoms with Gasteiger partial charge in [-0.15, -0.1) is 0 Å². The molecule has 2 N–H and O–H groups in total. The Balaban J connectivity index is 1.33. The summed E-state index contributed by atoms with van der Waals surface area (Å²) in [6, 6.07) is 0. The van der Waals surface area contributed by atoms with Crippen LogP contribution >= 0.6 is 0 Å². The molecule has 0 aromatic carbocycles. The lowest BCUT2D eigenvalue weighted by Crippen LogP contribution is -2.43. The Kier molecular flexibility index (Phi) is 8.69. The van der Waals surface area contributed by atoms with Crippen LogP contribution in [0.3, 0.4) is 0 Å². The largest absolute Gasteiger partial charge is 0.461 e. The van der Waals surface area contributed by atoms with E-state index in [0.717, 1.165) is 32.2 Å². The maximum absolute atomic E-state index is 13.0. The summed E-state index contributed by atoms with van der Waals surface area (Å²) in [4.78, 5) is 27.4. The van der Waals surface area contributed by atoms with Gasteiger partial charge in [0.05, 0.1) is 24.0 Å². The average Bonchev–Trinajstić information content (AvgIpc) is 3.62. The molecule has 1 heterocycles. The third-order valence-corrected chi connectivity index (χ3v) is 9.30. The molecule has 0 aromatic heterocycles. The Labute approximate surface area is 222 Å². The standard InChI is InChI=1S/C31H47NO5/c1-6-31(4,5)30(36)37-27-14-19(2)13-22-8-7-20(3)26(29(22)27)10-9-24(33)16-25(34)17-28(35)32-12-11-21-15-23(21)18-32/h7-8,13,15,19-21,24-27,29,33-34H,6,9-12,14,16-18H2,1-5H3/t19?,20-,21?,24?,25?,26?,27?,29?/m0/s1. The Morgan fingerprint density at radius 3 is 2.65 bits per heavy atom. The first-order chi connectivity index (χ1) is 17.5. The van der Waals surface area contributed by atoms with Gasteiger partial charge in [0.2, 0.25) is 5.91 Å². The number of carbonyl (C=O) groups excluding carboxylic acids is 2. The van der Waals surface area contributed by atoms with Crippen LogP contribution in [0.15, 0.2) is 35.5 Å². The van der Waals surface area contributed by atoms with E-state index < -0.39 is 17.6 Å². The molecule has 0 spiro atoms. The van der Waals surface area contributed by atoms with E-state index in [4.69, 9.17) is 4.74 Å². The SMILES string of the molecule is CCC(C)(C)C(=O)OC1CC(C)C=C2C=C[C@H](C)C(CCC(O)CC(O)CC(=O)N3CCC4C=C4C3)C21. The molecule has 0 saturated carbocycles. The Bertz CT molecular complexity index is 949. The number of allylic oxidation sites excluding steroid dienone is 4. The lowest BCUT2D eigenvalue weighted by atomic mass is 9.65. The van der Waals surface area contributed by atoms with Crippen molar-refractivity contribution < 1.29 is 24.5 Å². The molecule has 0 aromatic rings. The zero-order chi connectivity index (χ0) is 26.9. The van der Waals surface area contributed by atoms with Crippen LogP contribution in [0.5, 0.6) is 0 Å². The van der Waals surface area contributed by atoms with Gasteiger partial charge in [0.1, 0.15) is 6.10 Å². The fraction of sp³-hybridized carbons (Fsp3) is 0.742. The molecule has 7 unspecified atom stereocenters. The molecule has 3 aliphatic carbocycles. The highest BCUT2D eigenvalue weighted by molar-refractivity contribution is 5.77. The topological polar surface area (TPSA) is 87.1 Å². The van der Waals surface area contributed by atoms with Crippen molar-refractivity contribution in [3.8, 4) is 0 Å². The van der Waals surface area contributed by atoms with Gasteiger partial charge in [-0.05, 0) is 81.3 Å². The fourth-order valence-electron chi connectivity index (χ4n) is 6.35. The fourth-order valence-corrected chi connectivity index (χ4v) is 6.35. The summed E-state index contributed by atoms with van der Waals surface area (Å²) in [7, 11) is 0. The van der Waals surface area contributed by atoms with Crippen LogP contribution in [0.1, 0.15) is 79.6 Å². The number of amides is 1. The predicted octanol–water partition coefficient (Wildman–Crippen LogP) is 4.81. The number of fused-ring (bicyclic) bond motifs is 2.